The van der Waals surface area contributed by atoms with Crippen LogP contribution in [0.15, 0.2) is 12.2 Å². The lowest BCUT2D eigenvalue weighted by atomic mass is 10.0. The molecule has 1 aliphatic rings. The summed E-state index contributed by atoms with van der Waals surface area (Å²) in [6, 6.07) is 0. The Kier molecular flexibility index (Phi) is 13.4. The van der Waals surface area contributed by atoms with Gasteiger partial charge in [0.1, 0.15) is 0 Å². The van der Waals surface area contributed by atoms with Crippen LogP contribution in [0.1, 0.15) is 109 Å². The van der Waals surface area contributed by atoms with Crippen LogP contribution in [0.4, 0.5) is 0 Å². The molecule has 0 spiro atoms. The topological polar surface area (TPSA) is 43.4 Å². The van der Waals surface area contributed by atoms with Gasteiger partial charge in [0.15, 0.2) is 0 Å². The van der Waals surface area contributed by atoms with E-state index in [0.717, 1.165) is 19.3 Å². The molecule has 0 aromatic rings. The van der Waals surface area contributed by atoms with Crippen molar-refractivity contribution >= 4 is 11.9 Å². The Morgan fingerprint density at radius 3 is 1.50 bits per heavy atom. The lowest BCUT2D eigenvalue weighted by Gasteiger charge is -2.04. The molecule has 138 valence electrons. The van der Waals surface area contributed by atoms with Gasteiger partial charge in [-0.15, -0.1) is 0 Å². The van der Waals surface area contributed by atoms with E-state index < -0.39 is 0 Å². The van der Waals surface area contributed by atoms with E-state index in [4.69, 9.17) is 4.74 Å². The monoisotopic (exact) mass is 336 g/mol. The second kappa shape index (κ2) is 15.4. The summed E-state index contributed by atoms with van der Waals surface area (Å²) in [5, 5.41) is 0. The molecule has 3 heteroatoms. The summed E-state index contributed by atoms with van der Waals surface area (Å²) in [5.74, 6) is -0.738. The van der Waals surface area contributed by atoms with Crippen molar-refractivity contribution in [2.75, 3.05) is 0 Å². The van der Waals surface area contributed by atoms with E-state index in [-0.39, 0.29) is 11.9 Å². The number of rotatable bonds is 0. The van der Waals surface area contributed by atoms with Gasteiger partial charge in [-0.25, -0.2) is 0 Å². The second-order valence-electron chi connectivity index (χ2n) is 6.99. The number of carbonyl (C=O) groups is 2. The van der Waals surface area contributed by atoms with Crippen molar-refractivity contribution in [2.24, 2.45) is 0 Å². The highest BCUT2D eigenvalue weighted by Gasteiger charge is 2.09. The largest absolute Gasteiger partial charge is 0.393 e. The molecule has 0 saturated heterocycles. The minimum atomic E-state index is -0.383. The molecule has 0 aromatic heterocycles. The minimum absolute atomic E-state index is 0.308. The number of esters is 2. The molecule has 0 saturated carbocycles. The number of allylic oxidation sites excluding steroid dienone is 2. The van der Waals surface area contributed by atoms with Gasteiger partial charge in [-0.2, -0.15) is 0 Å². The first-order valence-corrected chi connectivity index (χ1v) is 10.2. The fraction of sp³-hybridized carbons (Fsp3) is 0.810. The van der Waals surface area contributed by atoms with Crippen molar-refractivity contribution in [3.8, 4) is 0 Å². The molecule has 0 bridgehead atoms. The van der Waals surface area contributed by atoms with Gasteiger partial charge in [-0.1, -0.05) is 82.8 Å². The summed E-state index contributed by atoms with van der Waals surface area (Å²) < 4.78 is 4.85. The fourth-order valence-electron chi connectivity index (χ4n) is 3.14. The van der Waals surface area contributed by atoms with Crippen molar-refractivity contribution in [2.45, 2.75) is 109 Å². The van der Waals surface area contributed by atoms with Crippen LogP contribution >= 0.6 is 0 Å². The van der Waals surface area contributed by atoms with E-state index in [2.05, 4.69) is 6.08 Å². The van der Waals surface area contributed by atoms with Crippen LogP contribution < -0.4 is 0 Å². The average molecular weight is 337 g/mol. The summed E-state index contributed by atoms with van der Waals surface area (Å²) in [4.78, 5) is 23.1. The highest BCUT2D eigenvalue weighted by Crippen LogP contribution is 2.14. The Morgan fingerprint density at radius 2 is 0.917 bits per heavy atom. The van der Waals surface area contributed by atoms with E-state index >= 15 is 0 Å². The zero-order valence-electron chi connectivity index (χ0n) is 15.4. The molecule has 1 aliphatic heterocycles. The van der Waals surface area contributed by atoms with E-state index in [1.807, 2.05) is 6.08 Å². The number of hydrogen-bond acceptors (Lipinski definition) is 3. The van der Waals surface area contributed by atoms with E-state index in [9.17, 15) is 9.59 Å². The first kappa shape index (κ1) is 20.9. The van der Waals surface area contributed by atoms with Crippen LogP contribution in [-0.2, 0) is 14.3 Å². The molecule has 1 rings (SSSR count). The summed E-state index contributed by atoms with van der Waals surface area (Å²) in [7, 11) is 0. The molecule has 24 heavy (non-hydrogen) atoms. The lowest BCUT2D eigenvalue weighted by molar-refractivity contribution is -0.159. The minimum Gasteiger partial charge on any atom is -0.393 e. The zero-order valence-corrected chi connectivity index (χ0v) is 15.4. The van der Waals surface area contributed by atoms with Crippen molar-refractivity contribution in [1.29, 1.82) is 0 Å². The third kappa shape index (κ3) is 13.3. The highest BCUT2D eigenvalue weighted by molar-refractivity contribution is 5.85. The fourth-order valence-corrected chi connectivity index (χ4v) is 3.14. The number of ether oxygens (including phenoxy) is 1. The smallest absolute Gasteiger partial charge is 0.313 e. The van der Waals surface area contributed by atoms with Crippen LogP contribution in [0.5, 0.6) is 0 Å². The Hall–Kier alpha value is -1.12. The molecule has 0 unspecified atom stereocenters. The van der Waals surface area contributed by atoms with Gasteiger partial charge in [-0.05, 0) is 25.7 Å². The molecule has 0 radical (unpaired) electrons. The van der Waals surface area contributed by atoms with Crippen molar-refractivity contribution in [1.82, 2.24) is 0 Å². The first-order chi connectivity index (χ1) is 11.8. The standard InChI is InChI=1S/C21H36O3/c22-20-18-16-14-12-10-8-6-4-2-1-3-5-7-9-11-13-15-17-19-21(23)24-20/h12,14H,1-11,13,15-19H2/b14-12+. The van der Waals surface area contributed by atoms with E-state index in [0.29, 0.717) is 19.3 Å². The maximum atomic E-state index is 11.6. The van der Waals surface area contributed by atoms with Gasteiger partial charge in [0.2, 0.25) is 0 Å². The zero-order chi connectivity index (χ0) is 17.3. The van der Waals surface area contributed by atoms with E-state index in [1.54, 1.807) is 0 Å². The first-order valence-electron chi connectivity index (χ1n) is 10.2. The Bertz CT molecular complexity index is 360. The van der Waals surface area contributed by atoms with Crippen molar-refractivity contribution in [3.05, 3.63) is 12.2 Å². The van der Waals surface area contributed by atoms with Crippen LogP contribution in [0.2, 0.25) is 0 Å². The molecule has 0 fully saturated rings. The number of cyclic esters (lactones) is 2. The molecule has 0 atom stereocenters. The molecule has 0 N–H and O–H groups in total. The number of carbonyl (C=O) groups excluding carboxylic acids is 2. The summed E-state index contributed by atoms with van der Waals surface area (Å²) in [6.07, 6.45) is 23.1. The maximum Gasteiger partial charge on any atom is 0.313 e. The van der Waals surface area contributed by atoms with Crippen LogP contribution in [0, 0.1) is 0 Å². The third-order valence-electron chi connectivity index (χ3n) is 4.66. The van der Waals surface area contributed by atoms with Crippen LogP contribution in [0.3, 0.4) is 0 Å². The molecular formula is C21H36O3. The highest BCUT2D eigenvalue weighted by atomic mass is 16.6. The SMILES string of the molecule is O=C1CC/C=C/CCCCCCCCCCCCCCCC(=O)O1. The quantitative estimate of drug-likeness (QED) is 0.298. The van der Waals surface area contributed by atoms with Crippen LogP contribution in [0.25, 0.3) is 0 Å². The lowest BCUT2D eigenvalue weighted by Crippen LogP contribution is -2.11. The predicted octanol–water partition coefficient (Wildman–Crippen LogP) is 6.26. The molecule has 0 aliphatic carbocycles. The third-order valence-corrected chi connectivity index (χ3v) is 4.66. The normalized spacial score (nSPS) is 23.5. The molecular weight excluding hydrogens is 300 g/mol. The summed E-state index contributed by atoms with van der Waals surface area (Å²) >= 11 is 0. The summed E-state index contributed by atoms with van der Waals surface area (Å²) in [6.45, 7) is 0. The molecule has 1 heterocycles. The Balaban J connectivity index is 2.23. The van der Waals surface area contributed by atoms with Gasteiger partial charge in [0.25, 0.3) is 0 Å². The van der Waals surface area contributed by atoms with Gasteiger partial charge >= 0.3 is 11.9 Å². The molecule has 3 nitrogen and oxygen atoms in total. The van der Waals surface area contributed by atoms with Crippen molar-refractivity contribution < 1.29 is 14.3 Å². The molecule has 0 amide bonds. The van der Waals surface area contributed by atoms with Crippen molar-refractivity contribution in [3.63, 3.8) is 0 Å². The second-order valence-corrected chi connectivity index (χ2v) is 6.99. The van der Waals surface area contributed by atoms with Crippen LogP contribution in [-0.4, -0.2) is 11.9 Å². The average Bonchev–Trinajstić information content (AvgIpc) is 2.56. The van der Waals surface area contributed by atoms with Gasteiger partial charge < -0.3 is 4.74 Å². The Morgan fingerprint density at radius 1 is 0.500 bits per heavy atom. The van der Waals surface area contributed by atoms with E-state index in [1.165, 1.54) is 70.6 Å². The molecule has 0 aromatic carbocycles. The Labute approximate surface area is 148 Å². The number of hydrogen-bond donors (Lipinski definition) is 0. The van der Waals surface area contributed by atoms with Gasteiger partial charge in [0, 0.05) is 12.8 Å². The predicted molar refractivity (Wildman–Crippen MR) is 98.7 cm³/mol. The summed E-state index contributed by atoms with van der Waals surface area (Å²) in [5.41, 5.74) is 0. The van der Waals surface area contributed by atoms with Gasteiger partial charge in [0.05, 0.1) is 0 Å². The van der Waals surface area contributed by atoms with Gasteiger partial charge in [-0.3, -0.25) is 9.59 Å². The maximum absolute atomic E-state index is 11.6.